The second kappa shape index (κ2) is 16.8. The van der Waals surface area contributed by atoms with Gasteiger partial charge in [-0.1, -0.05) is 57.5 Å². The van der Waals surface area contributed by atoms with Gasteiger partial charge in [0.1, 0.15) is 17.9 Å². The zero-order valence-corrected chi connectivity index (χ0v) is 27.4. The highest BCUT2D eigenvalue weighted by Crippen LogP contribution is 2.26. The van der Waals surface area contributed by atoms with E-state index in [-0.39, 0.29) is 37.6 Å². The van der Waals surface area contributed by atoms with Gasteiger partial charge in [-0.3, -0.25) is 19.1 Å². The number of carbonyl (C=O) groups excluding carboxylic acids is 4. The number of nitrogens with zero attached hydrogens (tertiary/aromatic N) is 2. The number of methoxy groups -OCH3 is 1. The molecule has 0 spiro atoms. The highest BCUT2D eigenvalue weighted by molar-refractivity contribution is 6.32. The summed E-state index contributed by atoms with van der Waals surface area (Å²) in [6, 6.07) is 5.99. The molecule has 1 aliphatic rings. The molecule has 11 nitrogen and oxygen atoms in total. The van der Waals surface area contributed by atoms with E-state index in [2.05, 4.69) is 15.7 Å². The molecule has 2 amide bonds. The summed E-state index contributed by atoms with van der Waals surface area (Å²) >= 11 is 6.29. The number of benzene rings is 1. The van der Waals surface area contributed by atoms with Gasteiger partial charge >= 0.3 is 11.9 Å². The standard InChI is InChI=1S/C33H43ClN4O7/c1-20(2)16-29-33(42)44-27(21(3)10-12-24-14-15-38(5)37-24)8-7-9-30(39)36-26(31(40)35-19-22(4)32(41)45-29)18-23-11-13-28(43-6)25(34)17-23/h7,9-15,17,20-22,26-27,29H,8,16,18-19H2,1-6H3,(H,35,40)(H,36,39)/b9-7-,12-10+/t21-,22-,26-,27+,29+/m1/s1. The Labute approximate surface area is 269 Å². The highest BCUT2D eigenvalue weighted by atomic mass is 35.5. The molecule has 2 aromatic rings. The van der Waals surface area contributed by atoms with Gasteiger partial charge in [0.15, 0.2) is 6.10 Å². The van der Waals surface area contributed by atoms with E-state index < -0.39 is 47.9 Å². The molecule has 1 aliphatic heterocycles. The van der Waals surface area contributed by atoms with Crippen LogP contribution in [0.4, 0.5) is 0 Å². The molecule has 0 aliphatic carbocycles. The monoisotopic (exact) mass is 642 g/mol. The smallest absolute Gasteiger partial charge is 0.347 e. The molecule has 0 bridgehead atoms. The summed E-state index contributed by atoms with van der Waals surface area (Å²) in [5.41, 5.74) is 1.44. The second-order valence-electron chi connectivity index (χ2n) is 11.7. The van der Waals surface area contributed by atoms with Crippen molar-refractivity contribution < 1.29 is 33.4 Å². The van der Waals surface area contributed by atoms with Crippen LogP contribution in [0.2, 0.25) is 5.02 Å². The lowest BCUT2D eigenvalue weighted by molar-refractivity contribution is -0.175. The van der Waals surface area contributed by atoms with Gasteiger partial charge < -0.3 is 24.8 Å². The van der Waals surface area contributed by atoms with E-state index in [1.807, 2.05) is 52.2 Å². The summed E-state index contributed by atoms with van der Waals surface area (Å²) < 4.78 is 18.5. The van der Waals surface area contributed by atoms with Gasteiger partial charge in [-0.2, -0.15) is 5.10 Å². The molecule has 0 saturated heterocycles. The predicted octanol–water partition coefficient (Wildman–Crippen LogP) is 4.04. The molecule has 2 N–H and O–H groups in total. The fourth-order valence-corrected chi connectivity index (χ4v) is 4.92. The van der Waals surface area contributed by atoms with Crippen LogP contribution in [0, 0.1) is 17.8 Å². The minimum absolute atomic E-state index is 0.0340. The predicted molar refractivity (Wildman–Crippen MR) is 170 cm³/mol. The van der Waals surface area contributed by atoms with Crippen LogP contribution in [-0.2, 0) is 42.1 Å². The van der Waals surface area contributed by atoms with Crippen molar-refractivity contribution in [2.75, 3.05) is 13.7 Å². The lowest BCUT2D eigenvalue weighted by Crippen LogP contribution is -2.49. The average molecular weight is 643 g/mol. The molecule has 45 heavy (non-hydrogen) atoms. The van der Waals surface area contributed by atoms with Crippen molar-refractivity contribution >= 4 is 41.4 Å². The van der Waals surface area contributed by atoms with E-state index in [9.17, 15) is 19.2 Å². The maximum Gasteiger partial charge on any atom is 0.347 e. The Balaban J connectivity index is 1.89. The Kier molecular flexibility index (Phi) is 13.2. The number of cyclic esters (lactones) is 2. The number of amides is 2. The first-order valence-corrected chi connectivity index (χ1v) is 15.4. The quantitative estimate of drug-likeness (QED) is 0.412. The Morgan fingerprint density at radius 2 is 1.89 bits per heavy atom. The summed E-state index contributed by atoms with van der Waals surface area (Å²) in [5, 5.41) is 10.2. The molecule has 5 atom stereocenters. The lowest BCUT2D eigenvalue weighted by Gasteiger charge is -2.26. The molecule has 3 rings (SSSR count). The second-order valence-corrected chi connectivity index (χ2v) is 12.1. The summed E-state index contributed by atoms with van der Waals surface area (Å²) in [7, 11) is 3.32. The van der Waals surface area contributed by atoms with Crippen molar-refractivity contribution in [3.63, 3.8) is 0 Å². The number of hydrogen-bond acceptors (Lipinski definition) is 8. The average Bonchev–Trinajstić information content (AvgIpc) is 3.41. The highest BCUT2D eigenvalue weighted by Gasteiger charge is 2.31. The van der Waals surface area contributed by atoms with Crippen LogP contribution in [0.15, 0.2) is 48.7 Å². The third-order valence-corrected chi connectivity index (χ3v) is 7.57. The van der Waals surface area contributed by atoms with Gasteiger partial charge in [-0.25, -0.2) is 4.79 Å². The number of aromatic nitrogens is 2. The van der Waals surface area contributed by atoms with Crippen molar-refractivity contribution in [1.82, 2.24) is 20.4 Å². The summed E-state index contributed by atoms with van der Waals surface area (Å²) in [6.07, 6.45) is 7.22. The van der Waals surface area contributed by atoms with E-state index in [4.69, 9.17) is 25.8 Å². The SMILES string of the molecule is COc1ccc(C[C@H]2NC(=O)/C=C\C[C@@H]([C@H](C)/C=C/c3ccn(C)n3)OC(=O)[C@H](CC(C)C)OC(=O)[C@H](C)CNC2=O)cc1Cl. The molecule has 2 heterocycles. The number of ether oxygens (including phenoxy) is 3. The Bertz CT molecular complexity index is 1400. The van der Waals surface area contributed by atoms with Crippen molar-refractivity contribution in [2.24, 2.45) is 24.8 Å². The third-order valence-electron chi connectivity index (χ3n) is 7.28. The molecular formula is C33H43ClN4O7. The molecule has 1 aromatic heterocycles. The number of halogens is 1. The van der Waals surface area contributed by atoms with Gasteiger partial charge in [0, 0.05) is 38.5 Å². The Hall–Kier alpha value is -4.12. The molecule has 244 valence electrons. The zero-order valence-electron chi connectivity index (χ0n) is 26.6. The molecule has 0 radical (unpaired) electrons. The van der Waals surface area contributed by atoms with E-state index in [1.165, 1.54) is 13.2 Å². The van der Waals surface area contributed by atoms with E-state index in [0.29, 0.717) is 16.3 Å². The minimum atomic E-state index is -1.13. The van der Waals surface area contributed by atoms with E-state index >= 15 is 0 Å². The largest absolute Gasteiger partial charge is 0.495 e. The van der Waals surface area contributed by atoms with Crippen molar-refractivity contribution in [3.05, 3.63) is 65.0 Å². The van der Waals surface area contributed by atoms with Crippen LogP contribution in [0.5, 0.6) is 5.75 Å². The van der Waals surface area contributed by atoms with Crippen LogP contribution < -0.4 is 15.4 Å². The van der Waals surface area contributed by atoms with Crippen LogP contribution in [0.1, 0.15) is 51.8 Å². The van der Waals surface area contributed by atoms with Crippen LogP contribution in [0.25, 0.3) is 6.08 Å². The summed E-state index contributed by atoms with van der Waals surface area (Å²) in [4.78, 5) is 52.7. The van der Waals surface area contributed by atoms with Gasteiger partial charge in [0.2, 0.25) is 11.8 Å². The molecule has 0 fully saturated rings. The summed E-state index contributed by atoms with van der Waals surface area (Å²) in [6.45, 7) is 7.24. The number of hydrogen-bond donors (Lipinski definition) is 2. The Morgan fingerprint density at radius 3 is 2.53 bits per heavy atom. The van der Waals surface area contributed by atoms with Gasteiger partial charge in [0.25, 0.3) is 0 Å². The normalized spacial score (nSPS) is 23.6. The first kappa shape index (κ1) is 35.4. The fourth-order valence-electron chi connectivity index (χ4n) is 4.64. The number of rotatable bonds is 8. The number of carbonyl (C=O) groups is 4. The topological polar surface area (TPSA) is 138 Å². The van der Waals surface area contributed by atoms with Crippen LogP contribution >= 0.6 is 11.6 Å². The van der Waals surface area contributed by atoms with Crippen molar-refractivity contribution in [3.8, 4) is 5.75 Å². The first-order valence-electron chi connectivity index (χ1n) is 15.0. The number of nitrogens with one attached hydrogen (secondary N) is 2. The van der Waals surface area contributed by atoms with Crippen LogP contribution in [-0.4, -0.2) is 65.4 Å². The zero-order chi connectivity index (χ0) is 33.1. The summed E-state index contributed by atoms with van der Waals surface area (Å²) in [5.74, 6) is -2.84. The molecular weight excluding hydrogens is 600 g/mol. The lowest BCUT2D eigenvalue weighted by atomic mass is 9.99. The maximum atomic E-state index is 13.4. The van der Waals surface area contributed by atoms with Crippen molar-refractivity contribution in [2.45, 2.75) is 65.2 Å². The first-order chi connectivity index (χ1) is 21.4. The van der Waals surface area contributed by atoms with Crippen molar-refractivity contribution in [1.29, 1.82) is 0 Å². The van der Waals surface area contributed by atoms with Gasteiger partial charge in [-0.15, -0.1) is 0 Å². The minimum Gasteiger partial charge on any atom is -0.495 e. The van der Waals surface area contributed by atoms with E-state index in [0.717, 1.165) is 5.69 Å². The molecule has 0 unspecified atom stereocenters. The molecule has 12 heteroatoms. The number of esters is 2. The third kappa shape index (κ3) is 11.1. The maximum absolute atomic E-state index is 13.4. The van der Waals surface area contributed by atoms with Gasteiger partial charge in [-0.05, 0) is 48.3 Å². The Morgan fingerprint density at radius 1 is 1.13 bits per heavy atom. The van der Waals surface area contributed by atoms with E-state index in [1.54, 1.807) is 35.9 Å². The fraction of sp³-hybridized carbons (Fsp3) is 0.485. The molecule has 0 saturated carbocycles. The number of aryl methyl sites for hydroxylation is 1. The van der Waals surface area contributed by atoms with Crippen LogP contribution in [0.3, 0.4) is 0 Å². The molecule has 1 aromatic carbocycles. The van der Waals surface area contributed by atoms with Gasteiger partial charge in [0.05, 0.1) is 23.7 Å².